The summed E-state index contributed by atoms with van der Waals surface area (Å²) >= 11 is 0.931. The summed E-state index contributed by atoms with van der Waals surface area (Å²) in [5.41, 5.74) is -0.747. The van der Waals surface area contributed by atoms with Gasteiger partial charge in [-0.3, -0.25) is 9.52 Å². The molecule has 7 nitrogen and oxygen atoms in total. The Morgan fingerprint density at radius 2 is 1.90 bits per heavy atom. The Morgan fingerprint density at radius 3 is 2.53 bits per heavy atom. The lowest BCUT2D eigenvalue weighted by Gasteiger charge is -2.31. The lowest BCUT2D eigenvalue weighted by Crippen LogP contribution is -2.36. The van der Waals surface area contributed by atoms with Gasteiger partial charge in [-0.2, -0.15) is 13.2 Å². The number of benzene rings is 1. The van der Waals surface area contributed by atoms with Crippen LogP contribution in [-0.4, -0.2) is 40.6 Å². The molecule has 0 radical (unpaired) electrons. The number of carbonyl (C=O) groups excluding carboxylic acids is 1. The van der Waals surface area contributed by atoms with E-state index in [1.165, 1.54) is 19.1 Å². The Kier molecular flexibility index (Phi) is 6.58. The first-order valence-corrected chi connectivity index (χ1v) is 11.3. The Hall–Kier alpha value is -2.31. The summed E-state index contributed by atoms with van der Waals surface area (Å²) in [5, 5.41) is 2.57. The number of halogens is 3. The van der Waals surface area contributed by atoms with E-state index in [4.69, 9.17) is 4.74 Å². The summed E-state index contributed by atoms with van der Waals surface area (Å²) in [6, 6.07) is 5.90. The van der Waals surface area contributed by atoms with E-state index >= 15 is 0 Å². The fourth-order valence-corrected chi connectivity index (χ4v) is 5.24. The fraction of sp³-hybridized carbons (Fsp3) is 0.389. The van der Waals surface area contributed by atoms with E-state index in [9.17, 15) is 26.4 Å². The van der Waals surface area contributed by atoms with E-state index < -0.39 is 21.8 Å². The van der Waals surface area contributed by atoms with Crippen molar-refractivity contribution in [2.45, 2.75) is 23.9 Å². The smallest absolute Gasteiger partial charge is 0.378 e. The first-order chi connectivity index (χ1) is 14.1. The van der Waals surface area contributed by atoms with Crippen LogP contribution in [0.15, 0.2) is 34.5 Å². The summed E-state index contributed by atoms with van der Waals surface area (Å²) in [6.07, 6.45) is -4.61. The van der Waals surface area contributed by atoms with Crippen LogP contribution in [0.5, 0.6) is 0 Å². The molecule has 30 heavy (non-hydrogen) atoms. The van der Waals surface area contributed by atoms with E-state index in [1.807, 2.05) is 0 Å². The largest absolute Gasteiger partial charge is 0.416 e. The number of anilines is 2. The zero-order valence-electron chi connectivity index (χ0n) is 16.0. The van der Waals surface area contributed by atoms with Gasteiger partial charge in [0, 0.05) is 24.9 Å². The molecule has 1 amide bonds. The number of amides is 1. The number of nitrogens with zero attached hydrogens (tertiary/aromatic N) is 1. The first-order valence-electron chi connectivity index (χ1n) is 8.96. The SMILES string of the molecule is CC(=O)NCc1ccc(S(=O)(=O)Nc2cc(C(F)(F)F)ccc2N2CCOCC2)s1. The molecule has 0 bridgehead atoms. The number of carbonyl (C=O) groups is 1. The van der Waals surface area contributed by atoms with Gasteiger partial charge in [-0.05, 0) is 30.3 Å². The molecule has 1 saturated heterocycles. The predicted molar refractivity (Wildman–Crippen MR) is 107 cm³/mol. The summed E-state index contributed by atoms with van der Waals surface area (Å²) in [6.45, 7) is 3.15. The summed E-state index contributed by atoms with van der Waals surface area (Å²) < 4.78 is 72.8. The van der Waals surface area contributed by atoms with Gasteiger partial charge in [0.2, 0.25) is 5.91 Å². The van der Waals surface area contributed by atoms with Crippen molar-refractivity contribution in [1.29, 1.82) is 0 Å². The van der Waals surface area contributed by atoms with Gasteiger partial charge < -0.3 is 15.0 Å². The number of alkyl halides is 3. The molecule has 1 aromatic carbocycles. The quantitative estimate of drug-likeness (QED) is 0.688. The molecule has 1 aliphatic rings. The van der Waals surface area contributed by atoms with Gasteiger partial charge in [0.1, 0.15) is 4.21 Å². The normalized spacial score (nSPS) is 15.1. The maximum Gasteiger partial charge on any atom is 0.416 e. The van der Waals surface area contributed by atoms with Crippen molar-refractivity contribution in [2.24, 2.45) is 0 Å². The third kappa shape index (κ3) is 5.43. The van der Waals surface area contributed by atoms with E-state index in [1.54, 1.807) is 11.0 Å². The average Bonchev–Trinajstić information content (AvgIpc) is 3.16. The highest BCUT2D eigenvalue weighted by Crippen LogP contribution is 2.37. The molecule has 164 valence electrons. The van der Waals surface area contributed by atoms with Gasteiger partial charge in [-0.25, -0.2) is 8.42 Å². The van der Waals surface area contributed by atoms with Crippen LogP contribution < -0.4 is 14.9 Å². The molecule has 0 atom stereocenters. The number of hydrogen-bond donors (Lipinski definition) is 2. The molecular weight excluding hydrogens is 443 g/mol. The molecule has 0 unspecified atom stereocenters. The number of hydrogen-bond acceptors (Lipinski definition) is 6. The molecule has 2 heterocycles. The van der Waals surface area contributed by atoms with Crippen LogP contribution in [-0.2, 0) is 32.3 Å². The molecule has 0 spiro atoms. The summed E-state index contributed by atoms with van der Waals surface area (Å²) in [4.78, 5) is 13.4. The van der Waals surface area contributed by atoms with Crippen molar-refractivity contribution < 1.29 is 31.1 Å². The van der Waals surface area contributed by atoms with E-state index in [0.717, 1.165) is 23.5 Å². The zero-order valence-corrected chi connectivity index (χ0v) is 17.6. The van der Waals surface area contributed by atoms with Crippen LogP contribution in [0.3, 0.4) is 0 Å². The van der Waals surface area contributed by atoms with Crippen LogP contribution in [0.4, 0.5) is 24.5 Å². The monoisotopic (exact) mass is 463 g/mol. The van der Waals surface area contributed by atoms with Crippen molar-refractivity contribution in [3.63, 3.8) is 0 Å². The highest BCUT2D eigenvalue weighted by atomic mass is 32.2. The number of ether oxygens (including phenoxy) is 1. The maximum atomic E-state index is 13.2. The molecule has 0 aliphatic carbocycles. The second-order valence-corrected chi connectivity index (χ2v) is 9.64. The number of nitrogens with one attached hydrogen (secondary N) is 2. The standard InChI is InChI=1S/C18H20F3N3O4S2/c1-12(25)22-11-14-3-5-17(29-14)30(26,27)23-15-10-13(18(19,20)21)2-4-16(15)24-6-8-28-9-7-24/h2-5,10,23H,6-9,11H2,1H3,(H,22,25). The van der Waals surface area contributed by atoms with Gasteiger partial charge in [-0.15, -0.1) is 11.3 Å². The van der Waals surface area contributed by atoms with Gasteiger partial charge in [0.05, 0.1) is 36.7 Å². The maximum absolute atomic E-state index is 13.2. The number of thiophene rings is 1. The molecular formula is C18H20F3N3O4S2. The minimum atomic E-state index is -4.61. The fourth-order valence-electron chi connectivity index (χ4n) is 2.88. The van der Waals surface area contributed by atoms with Crippen molar-refractivity contribution in [3.8, 4) is 0 Å². The topological polar surface area (TPSA) is 87.7 Å². The Labute approximate surface area is 175 Å². The Morgan fingerprint density at radius 1 is 1.20 bits per heavy atom. The molecule has 0 saturated carbocycles. The molecule has 1 fully saturated rings. The van der Waals surface area contributed by atoms with Crippen LogP contribution in [0.25, 0.3) is 0 Å². The third-order valence-corrected chi connectivity index (χ3v) is 7.28. The highest BCUT2D eigenvalue weighted by molar-refractivity contribution is 7.94. The lowest BCUT2D eigenvalue weighted by molar-refractivity contribution is -0.137. The number of rotatable bonds is 6. The zero-order chi connectivity index (χ0) is 21.9. The molecule has 3 rings (SSSR count). The molecule has 2 N–H and O–H groups in total. The molecule has 12 heteroatoms. The number of sulfonamides is 1. The third-order valence-electron chi connectivity index (χ3n) is 4.33. The minimum absolute atomic E-state index is 0.0619. The molecule has 1 aromatic heterocycles. The van der Waals surface area contributed by atoms with Gasteiger partial charge >= 0.3 is 6.18 Å². The Bertz CT molecular complexity index is 1020. The van der Waals surface area contributed by atoms with E-state index in [0.29, 0.717) is 36.9 Å². The van der Waals surface area contributed by atoms with Crippen molar-refractivity contribution in [2.75, 3.05) is 35.9 Å². The van der Waals surface area contributed by atoms with E-state index in [-0.39, 0.29) is 22.3 Å². The van der Waals surface area contributed by atoms with Crippen LogP contribution in [0.2, 0.25) is 0 Å². The summed E-state index contributed by atoms with van der Waals surface area (Å²) in [7, 11) is -4.12. The van der Waals surface area contributed by atoms with E-state index in [2.05, 4.69) is 10.0 Å². The van der Waals surface area contributed by atoms with Gasteiger partial charge in [0.15, 0.2) is 0 Å². The van der Waals surface area contributed by atoms with Gasteiger partial charge in [0.25, 0.3) is 10.0 Å². The second kappa shape index (κ2) is 8.82. The van der Waals surface area contributed by atoms with Crippen molar-refractivity contribution >= 4 is 38.6 Å². The Balaban J connectivity index is 1.91. The summed E-state index contributed by atoms with van der Waals surface area (Å²) in [5.74, 6) is -0.259. The highest BCUT2D eigenvalue weighted by Gasteiger charge is 2.32. The van der Waals surface area contributed by atoms with Crippen LogP contribution >= 0.6 is 11.3 Å². The second-order valence-electron chi connectivity index (χ2n) is 6.57. The van der Waals surface area contributed by atoms with Gasteiger partial charge in [-0.1, -0.05) is 0 Å². The van der Waals surface area contributed by atoms with Crippen LogP contribution in [0, 0.1) is 0 Å². The molecule has 1 aliphatic heterocycles. The molecule has 2 aromatic rings. The van der Waals surface area contributed by atoms with Crippen molar-refractivity contribution in [3.05, 3.63) is 40.8 Å². The lowest BCUT2D eigenvalue weighted by atomic mass is 10.1. The van der Waals surface area contributed by atoms with Crippen LogP contribution in [0.1, 0.15) is 17.4 Å². The average molecular weight is 464 g/mol. The minimum Gasteiger partial charge on any atom is -0.378 e. The predicted octanol–water partition coefficient (Wildman–Crippen LogP) is 3.04. The van der Waals surface area contributed by atoms with Crippen molar-refractivity contribution in [1.82, 2.24) is 5.32 Å². The number of morpholine rings is 1. The first kappa shape index (κ1) is 22.4.